The smallest absolute Gasteiger partial charge is 0.338 e. The van der Waals surface area contributed by atoms with E-state index in [4.69, 9.17) is 9.47 Å². The van der Waals surface area contributed by atoms with Gasteiger partial charge in [0, 0.05) is 5.70 Å². The van der Waals surface area contributed by atoms with Crippen molar-refractivity contribution >= 4 is 12.0 Å². The van der Waals surface area contributed by atoms with Gasteiger partial charge in [0.05, 0.1) is 24.8 Å². The lowest BCUT2D eigenvalue weighted by atomic mass is 9.95. The monoisotopic (exact) mass is 346 g/mol. The molecule has 0 aromatic heterocycles. The summed E-state index contributed by atoms with van der Waals surface area (Å²) in [5, 5.41) is 5.40. The molecule has 0 spiro atoms. The Hall–Kier alpha value is -2.50. The van der Waals surface area contributed by atoms with Gasteiger partial charge in [0.25, 0.3) is 0 Å². The highest BCUT2D eigenvalue weighted by atomic mass is 16.5. The topological polar surface area (TPSA) is 76.7 Å². The highest BCUT2D eigenvalue weighted by Gasteiger charge is 2.31. The van der Waals surface area contributed by atoms with Gasteiger partial charge in [-0.2, -0.15) is 0 Å². The molecule has 0 bridgehead atoms. The minimum atomic E-state index is -0.544. The van der Waals surface area contributed by atoms with Gasteiger partial charge >= 0.3 is 12.0 Å². The van der Waals surface area contributed by atoms with Gasteiger partial charge in [-0.05, 0) is 43.9 Å². The van der Waals surface area contributed by atoms with Crippen molar-refractivity contribution in [3.8, 4) is 5.75 Å². The van der Waals surface area contributed by atoms with Crippen molar-refractivity contribution in [2.75, 3.05) is 13.2 Å². The average molecular weight is 346 g/mol. The van der Waals surface area contributed by atoms with E-state index in [1.165, 1.54) is 0 Å². The van der Waals surface area contributed by atoms with Crippen LogP contribution in [0.5, 0.6) is 5.75 Å². The Kier molecular flexibility index (Phi) is 6.44. The number of rotatable bonds is 7. The molecule has 1 aromatic rings. The summed E-state index contributed by atoms with van der Waals surface area (Å²) in [4.78, 5) is 24.1. The maximum Gasteiger partial charge on any atom is 0.338 e. The van der Waals surface area contributed by atoms with E-state index in [1.807, 2.05) is 24.3 Å². The number of ether oxygens (including phenoxy) is 2. The van der Waals surface area contributed by atoms with Crippen LogP contribution in [-0.2, 0) is 9.53 Å². The molecule has 1 heterocycles. The lowest BCUT2D eigenvalue weighted by Crippen LogP contribution is -2.45. The van der Waals surface area contributed by atoms with Crippen LogP contribution in [0, 0.1) is 5.92 Å². The van der Waals surface area contributed by atoms with Crippen LogP contribution in [0.25, 0.3) is 0 Å². The second-order valence-electron chi connectivity index (χ2n) is 6.39. The molecule has 0 saturated heterocycles. The molecule has 2 N–H and O–H groups in total. The summed E-state index contributed by atoms with van der Waals surface area (Å²) in [7, 11) is 0. The van der Waals surface area contributed by atoms with Gasteiger partial charge in [-0.25, -0.2) is 9.59 Å². The third-order valence-corrected chi connectivity index (χ3v) is 3.94. The SMILES string of the molecule is CCOC(=O)C1=C(C)NC(=O)N[C@H]1c1ccc(OCCC(C)C)cc1. The first-order valence-corrected chi connectivity index (χ1v) is 8.60. The number of allylic oxidation sites excluding steroid dienone is 1. The Morgan fingerprint density at radius 1 is 1.24 bits per heavy atom. The molecule has 136 valence electrons. The largest absolute Gasteiger partial charge is 0.494 e. The number of carbonyl (C=O) groups excluding carboxylic acids is 2. The lowest BCUT2D eigenvalue weighted by molar-refractivity contribution is -0.139. The summed E-state index contributed by atoms with van der Waals surface area (Å²) in [6.45, 7) is 8.69. The molecule has 1 aromatic carbocycles. The Morgan fingerprint density at radius 2 is 1.92 bits per heavy atom. The molecular weight excluding hydrogens is 320 g/mol. The Morgan fingerprint density at radius 3 is 2.52 bits per heavy atom. The summed E-state index contributed by atoms with van der Waals surface area (Å²) in [6, 6.07) is 6.52. The van der Waals surface area contributed by atoms with Gasteiger partial charge in [-0.3, -0.25) is 0 Å². The van der Waals surface area contributed by atoms with Gasteiger partial charge in [0.15, 0.2) is 0 Å². The number of hydrogen-bond acceptors (Lipinski definition) is 4. The minimum absolute atomic E-state index is 0.277. The zero-order valence-corrected chi connectivity index (χ0v) is 15.2. The van der Waals surface area contributed by atoms with Gasteiger partial charge in [0.2, 0.25) is 0 Å². The number of amides is 2. The molecule has 1 aliphatic heterocycles. The second-order valence-corrected chi connectivity index (χ2v) is 6.39. The van der Waals surface area contributed by atoms with Crippen molar-refractivity contribution in [3.63, 3.8) is 0 Å². The van der Waals surface area contributed by atoms with E-state index >= 15 is 0 Å². The molecule has 1 aliphatic rings. The Labute approximate surface area is 148 Å². The number of hydrogen-bond donors (Lipinski definition) is 2. The first kappa shape index (κ1) is 18.8. The van der Waals surface area contributed by atoms with Crippen LogP contribution in [0.15, 0.2) is 35.5 Å². The minimum Gasteiger partial charge on any atom is -0.494 e. The Balaban J connectivity index is 2.18. The zero-order valence-electron chi connectivity index (χ0n) is 15.2. The van der Waals surface area contributed by atoms with Crippen LogP contribution in [0.1, 0.15) is 45.7 Å². The highest BCUT2D eigenvalue weighted by molar-refractivity contribution is 5.95. The number of nitrogens with one attached hydrogen (secondary N) is 2. The van der Waals surface area contributed by atoms with Crippen LogP contribution in [0.2, 0.25) is 0 Å². The van der Waals surface area contributed by atoms with E-state index in [1.54, 1.807) is 13.8 Å². The summed E-state index contributed by atoms with van der Waals surface area (Å²) in [5.74, 6) is 0.919. The van der Waals surface area contributed by atoms with Crippen molar-refractivity contribution in [2.45, 2.75) is 40.2 Å². The molecule has 25 heavy (non-hydrogen) atoms. The summed E-state index contributed by atoms with van der Waals surface area (Å²) < 4.78 is 10.8. The van der Waals surface area contributed by atoms with Gasteiger partial charge < -0.3 is 20.1 Å². The molecule has 0 unspecified atom stereocenters. The summed E-state index contributed by atoms with van der Waals surface area (Å²) in [5.41, 5.74) is 1.72. The van der Waals surface area contributed by atoms with Crippen LogP contribution in [0.4, 0.5) is 4.79 Å². The van der Waals surface area contributed by atoms with Crippen molar-refractivity contribution < 1.29 is 19.1 Å². The zero-order chi connectivity index (χ0) is 18.4. The fourth-order valence-corrected chi connectivity index (χ4v) is 2.59. The fourth-order valence-electron chi connectivity index (χ4n) is 2.59. The number of esters is 1. The number of carbonyl (C=O) groups is 2. The van der Waals surface area contributed by atoms with Crippen molar-refractivity contribution in [1.29, 1.82) is 0 Å². The molecular formula is C19H26N2O4. The van der Waals surface area contributed by atoms with Gasteiger partial charge in [-0.15, -0.1) is 0 Å². The summed E-state index contributed by atoms with van der Waals surface area (Å²) in [6.07, 6.45) is 0.987. The van der Waals surface area contributed by atoms with Gasteiger partial charge in [-0.1, -0.05) is 26.0 Å². The number of urea groups is 1. The molecule has 0 fully saturated rings. The first-order chi connectivity index (χ1) is 11.9. The summed E-state index contributed by atoms with van der Waals surface area (Å²) >= 11 is 0. The first-order valence-electron chi connectivity index (χ1n) is 8.60. The molecule has 2 rings (SSSR count). The lowest BCUT2D eigenvalue weighted by Gasteiger charge is -2.28. The maximum absolute atomic E-state index is 12.3. The second kappa shape index (κ2) is 8.55. The quantitative estimate of drug-likeness (QED) is 0.743. The van der Waals surface area contributed by atoms with Crippen molar-refractivity contribution in [2.24, 2.45) is 5.92 Å². The highest BCUT2D eigenvalue weighted by Crippen LogP contribution is 2.28. The molecule has 6 nitrogen and oxygen atoms in total. The molecule has 0 radical (unpaired) electrons. The molecule has 0 aliphatic carbocycles. The van der Waals surface area contributed by atoms with Crippen LogP contribution >= 0.6 is 0 Å². The maximum atomic E-state index is 12.3. The van der Waals surface area contributed by atoms with E-state index in [2.05, 4.69) is 24.5 Å². The molecule has 0 saturated carbocycles. The van der Waals surface area contributed by atoms with Crippen molar-refractivity contribution in [3.05, 3.63) is 41.1 Å². The van der Waals surface area contributed by atoms with E-state index in [9.17, 15) is 9.59 Å². The van der Waals surface area contributed by atoms with Gasteiger partial charge in [0.1, 0.15) is 5.75 Å². The van der Waals surface area contributed by atoms with Crippen molar-refractivity contribution in [1.82, 2.24) is 10.6 Å². The predicted octanol–water partition coefficient (Wildman–Crippen LogP) is 3.30. The Bertz CT molecular complexity index is 650. The van der Waals surface area contributed by atoms with E-state index < -0.39 is 12.0 Å². The molecule has 1 atom stereocenters. The fraction of sp³-hybridized carbons (Fsp3) is 0.474. The van der Waals surface area contributed by atoms with E-state index in [-0.39, 0.29) is 12.6 Å². The van der Waals surface area contributed by atoms with E-state index in [0.29, 0.717) is 23.8 Å². The third kappa shape index (κ3) is 4.98. The van der Waals surface area contributed by atoms with Crippen LogP contribution in [-0.4, -0.2) is 25.2 Å². The normalized spacial score (nSPS) is 17.2. The molecule has 6 heteroatoms. The average Bonchev–Trinajstić information content (AvgIpc) is 2.54. The standard InChI is InChI=1S/C19H26N2O4/c1-5-24-18(22)16-13(4)20-19(23)21-17(16)14-6-8-15(9-7-14)25-11-10-12(2)3/h6-9,12,17H,5,10-11H2,1-4H3,(H2,20,21,23)/t17-/m0/s1. The third-order valence-electron chi connectivity index (χ3n) is 3.94. The van der Waals surface area contributed by atoms with E-state index in [0.717, 1.165) is 17.7 Å². The number of benzene rings is 1. The molecule has 2 amide bonds. The van der Waals surface area contributed by atoms with Crippen LogP contribution in [0.3, 0.4) is 0 Å². The van der Waals surface area contributed by atoms with Crippen LogP contribution < -0.4 is 15.4 Å². The predicted molar refractivity (Wildman–Crippen MR) is 95.1 cm³/mol.